The number of hydrogen-bond acceptors (Lipinski definition) is 12. The van der Waals surface area contributed by atoms with Gasteiger partial charge in [0.05, 0.1) is 21.6 Å². The Morgan fingerprint density at radius 1 is 1.04 bits per heavy atom. The molecule has 2 atom stereocenters. The molecule has 53 heavy (non-hydrogen) atoms. The van der Waals surface area contributed by atoms with E-state index in [0.29, 0.717) is 64.7 Å². The zero-order chi connectivity index (χ0) is 37.5. The minimum Gasteiger partial charge on any atom is -0.489 e. The van der Waals surface area contributed by atoms with Crippen molar-refractivity contribution in [3.05, 3.63) is 88.6 Å². The number of carbonyl (C=O) groups excluding carboxylic acids is 3. The van der Waals surface area contributed by atoms with Gasteiger partial charge in [0.1, 0.15) is 35.5 Å². The lowest BCUT2D eigenvalue weighted by Crippen LogP contribution is -2.70. The molecule has 2 unspecified atom stereocenters. The fraction of sp³-hybridized carbons (Fsp3) is 0.297. The van der Waals surface area contributed by atoms with Crippen molar-refractivity contribution in [2.75, 3.05) is 37.9 Å². The number of carboxylic acids is 1. The third-order valence-electron chi connectivity index (χ3n) is 8.58. The summed E-state index contributed by atoms with van der Waals surface area (Å²) in [6.45, 7) is 0.405. The van der Waals surface area contributed by atoms with Gasteiger partial charge in [-0.25, -0.2) is 9.78 Å². The Hall–Kier alpha value is -5.79. The molecule has 16 heteroatoms. The van der Waals surface area contributed by atoms with E-state index < -0.39 is 23.3 Å². The number of thioether (sulfide) groups is 1. The topological polar surface area (TPSA) is 190 Å². The van der Waals surface area contributed by atoms with Crippen LogP contribution in [-0.2, 0) is 14.4 Å². The number of unbranched alkanes of at least 4 members (excludes halogenated alkanes) is 2. The normalized spacial score (nSPS) is 16.5. The first kappa shape index (κ1) is 37.0. The van der Waals surface area contributed by atoms with Gasteiger partial charge in [-0.2, -0.15) is 15.5 Å². The molecule has 4 aromatic rings. The first-order valence-corrected chi connectivity index (χ1v) is 18.7. The van der Waals surface area contributed by atoms with Crippen LogP contribution in [0.25, 0.3) is 10.2 Å². The molecule has 6 rings (SSSR count). The van der Waals surface area contributed by atoms with Gasteiger partial charge in [0.2, 0.25) is 5.91 Å². The zero-order valence-electron chi connectivity index (χ0n) is 28.9. The Kier molecular flexibility index (Phi) is 11.7. The number of amides is 3. The van der Waals surface area contributed by atoms with Crippen molar-refractivity contribution in [3.63, 3.8) is 0 Å². The van der Waals surface area contributed by atoms with Crippen molar-refractivity contribution in [1.29, 1.82) is 5.26 Å². The number of nitrogens with one attached hydrogen (secondary N) is 2. The van der Waals surface area contributed by atoms with Crippen molar-refractivity contribution >= 4 is 74.1 Å². The van der Waals surface area contributed by atoms with Crippen LogP contribution in [0.1, 0.15) is 41.0 Å². The molecule has 3 aromatic carbocycles. The number of nitriles is 1. The maximum absolute atomic E-state index is 13.1. The number of fused-ring (bicyclic) bond motifs is 2. The standard InChI is InChI=1S/C37H36N8O6S2/c1-44(2)26-13-11-25(12-14-26)43-42-24-9-7-22(8-10-24)34(47)39-17-5-3-4-6-30(46)41-32-35(48)45-33(37(49)50)23(21-52-36(32)45)20-51-27-15-16-28-29(18-27)53-31(19-38)40-28/h7-16,18,32,36H,3-6,17,20-21H2,1-2H3,(H,39,47)(H,41,46)(H,49,50). The maximum atomic E-state index is 13.1. The SMILES string of the molecule is CN(C)c1ccc(N=Nc2ccc(C(=O)NCCCCCC(=O)NC3C(=O)N4C(C(=O)O)=C(COc5ccc6nc(C#N)sc6c5)CSC34)cc2)cc1. The maximum Gasteiger partial charge on any atom is 0.352 e. The third kappa shape index (κ3) is 8.82. The Balaban J connectivity index is 0.897. The predicted molar refractivity (Wildman–Crippen MR) is 202 cm³/mol. The van der Waals surface area contributed by atoms with Crippen molar-refractivity contribution < 1.29 is 29.0 Å². The Bertz CT molecular complexity index is 2130. The van der Waals surface area contributed by atoms with Gasteiger partial charge in [-0.15, -0.1) is 23.1 Å². The summed E-state index contributed by atoms with van der Waals surface area (Å²) < 4.78 is 6.65. The van der Waals surface area contributed by atoms with Gasteiger partial charge in [-0.3, -0.25) is 19.3 Å². The monoisotopic (exact) mass is 752 g/mol. The number of carboxylic acid groups (broad SMARTS) is 1. The second-order valence-corrected chi connectivity index (χ2v) is 14.6. The predicted octanol–water partition coefficient (Wildman–Crippen LogP) is 5.76. The van der Waals surface area contributed by atoms with E-state index in [1.54, 1.807) is 42.5 Å². The van der Waals surface area contributed by atoms with Crippen molar-refractivity contribution in [2.24, 2.45) is 10.2 Å². The van der Waals surface area contributed by atoms with Crippen LogP contribution in [0.15, 0.2) is 88.2 Å². The van der Waals surface area contributed by atoms with E-state index in [0.717, 1.165) is 16.1 Å². The van der Waals surface area contributed by atoms with Crippen molar-refractivity contribution in [2.45, 2.75) is 37.1 Å². The molecule has 1 fully saturated rings. The van der Waals surface area contributed by atoms with E-state index in [1.165, 1.54) is 28.0 Å². The van der Waals surface area contributed by atoms with Crippen LogP contribution in [0.2, 0.25) is 0 Å². The van der Waals surface area contributed by atoms with E-state index in [-0.39, 0.29) is 30.5 Å². The molecule has 1 aromatic heterocycles. The third-order valence-corrected chi connectivity index (χ3v) is 10.8. The molecule has 1 saturated heterocycles. The lowest BCUT2D eigenvalue weighted by molar-refractivity contribution is -0.150. The highest BCUT2D eigenvalue weighted by Crippen LogP contribution is 2.40. The second kappa shape index (κ2) is 16.7. The molecule has 14 nitrogen and oxygen atoms in total. The molecule has 0 saturated carbocycles. The van der Waals surface area contributed by atoms with Crippen LogP contribution in [0.4, 0.5) is 17.1 Å². The number of carbonyl (C=O) groups is 4. The van der Waals surface area contributed by atoms with Crippen LogP contribution in [0.3, 0.4) is 0 Å². The highest BCUT2D eigenvalue weighted by atomic mass is 32.2. The van der Waals surface area contributed by atoms with Gasteiger partial charge in [-0.1, -0.05) is 6.42 Å². The lowest BCUT2D eigenvalue weighted by Gasteiger charge is -2.49. The number of hydrogen-bond donors (Lipinski definition) is 3. The smallest absolute Gasteiger partial charge is 0.352 e. The average Bonchev–Trinajstić information content (AvgIpc) is 3.59. The van der Waals surface area contributed by atoms with E-state index in [2.05, 4.69) is 25.8 Å². The number of rotatable bonds is 15. The van der Waals surface area contributed by atoms with Crippen LogP contribution in [0.5, 0.6) is 5.75 Å². The van der Waals surface area contributed by atoms with Gasteiger partial charge >= 0.3 is 5.97 Å². The number of anilines is 1. The fourth-order valence-corrected chi connectivity index (χ4v) is 7.88. The van der Waals surface area contributed by atoms with Crippen LogP contribution < -0.4 is 20.3 Å². The van der Waals surface area contributed by atoms with E-state index >= 15 is 0 Å². The molecule has 2 aliphatic heterocycles. The largest absolute Gasteiger partial charge is 0.489 e. The number of ether oxygens (including phenoxy) is 1. The summed E-state index contributed by atoms with van der Waals surface area (Å²) in [6, 6.07) is 20.9. The van der Waals surface area contributed by atoms with E-state index in [4.69, 9.17) is 10.00 Å². The Labute approximate surface area is 313 Å². The molecule has 2 aliphatic rings. The van der Waals surface area contributed by atoms with Crippen molar-refractivity contribution in [3.8, 4) is 11.8 Å². The number of thiazole rings is 1. The van der Waals surface area contributed by atoms with Gasteiger partial charge in [0.15, 0.2) is 5.01 Å². The number of β-lactam (4-membered cyclic amide) rings is 1. The summed E-state index contributed by atoms with van der Waals surface area (Å²) in [6.07, 6.45) is 2.12. The minimum atomic E-state index is -1.24. The van der Waals surface area contributed by atoms with Gasteiger partial charge < -0.3 is 25.4 Å². The second-order valence-electron chi connectivity index (χ2n) is 12.5. The van der Waals surface area contributed by atoms with Crippen molar-refractivity contribution in [1.82, 2.24) is 20.5 Å². The molecule has 3 N–H and O–H groups in total. The van der Waals surface area contributed by atoms with E-state index in [9.17, 15) is 24.3 Å². The molecule has 0 spiro atoms. The molecule has 0 bridgehead atoms. The highest BCUT2D eigenvalue weighted by molar-refractivity contribution is 8.00. The van der Waals surface area contributed by atoms with Gasteiger partial charge in [-0.05, 0) is 79.6 Å². The lowest BCUT2D eigenvalue weighted by atomic mass is 10.0. The molecular weight excluding hydrogens is 717 g/mol. The van der Waals surface area contributed by atoms with Crippen LogP contribution >= 0.6 is 23.1 Å². The van der Waals surface area contributed by atoms with Crippen LogP contribution in [-0.4, -0.2) is 83.1 Å². The molecule has 3 heterocycles. The fourth-order valence-electron chi connectivity index (χ4n) is 5.76. The Morgan fingerprint density at radius 3 is 2.43 bits per heavy atom. The molecular formula is C37H36N8O6S2. The van der Waals surface area contributed by atoms with Gasteiger partial charge in [0, 0.05) is 49.6 Å². The summed E-state index contributed by atoms with van der Waals surface area (Å²) in [5, 5.41) is 33.0. The van der Waals surface area contributed by atoms with E-state index in [1.807, 2.05) is 49.3 Å². The first-order valence-electron chi connectivity index (χ1n) is 16.8. The summed E-state index contributed by atoms with van der Waals surface area (Å²) >= 11 is 2.61. The summed E-state index contributed by atoms with van der Waals surface area (Å²) in [7, 11) is 3.94. The molecule has 272 valence electrons. The van der Waals surface area contributed by atoms with Crippen LogP contribution in [0, 0.1) is 11.3 Å². The number of azo groups is 1. The minimum absolute atomic E-state index is 0.0370. The number of benzene rings is 3. The summed E-state index contributed by atoms with van der Waals surface area (Å²) in [5.41, 5.74) is 3.92. The summed E-state index contributed by atoms with van der Waals surface area (Å²) in [4.78, 5) is 58.0. The zero-order valence-corrected chi connectivity index (χ0v) is 30.6. The number of aromatic nitrogens is 1. The summed E-state index contributed by atoms with van der Waals surface area (Å²) in [5.74, 6) is -1.41. The Morgan fingerprint density at radius 2 is 1.75 bits per heavy atom. The first-order chi connectivity index (χ1) is 25.6. The van der Waals surface area contributed by atoms with Gasteiger partial charge in [0.25, 0.3) is 11.8 Å². The molecule has 3 amide bonds. The molecule has 0 aliphatic carbocycles. The average molecular weight is 753 g/mol. The quantitative estimate of drug-likeness (QED) is 0.0765. The molecule has 0 radical (unpaired) electrons. The number of aliphatic carboxylic acids is 1. The number of nitrogens with zero attached hydrogens (tertiary/aromatic N) is 6. The highest BCUT2D eigenvalue weighted by Gasteiger charge is 2.54.